The Bertz CT molecular complexity index is 849. The summed E-state index contributed by atoms with van der Waals surface area (Å²) in [5, 5.41) is 13.2. The second-order valence-electron chi connectivity index (χ2n) is 8.16. The highest BCUT2D eigenvalue weighted by molar-refractivity contribution is 6.05. The number of rotatable bonds is 5. The van der Waals surface area contributed by atoms with Crippen molar-refractivity contribution in [1.29, 1.82) is 0 Å². The van der Waals surface area contributed by atoms with E-state index in [0.717, 1.165) is 62.8 Å². The molecule has 7 nitrogen and oxygen atoms in total. The first-order chi connectivity index (χ1) is 14.2. The highest BCUT2D eigenvalue weighted by Crippen LogP contribution is 2.27. The van der Waals surface area contributed by atoms with Gasteiger partial charge in [0.25, 0.3) is 5.91 Å². The maximum atomic E-state index is 12.9. The van der Waals surface area contributed by atoms with E-state index in [1.54, 1.807) is 0 Å². The normalized spacial score (nSPS) is 23.3. The molecule has 1 saturated carbocycles. The Morgan fingerprint density at radius 2 is 1.83 bits per heavy atom. The standard InChI is InChI=1S/C22H30N4O3/c27-15-14-25-10-12-26(13-11-25)22(29)17-4-6-18(7-5-17)24-21(28)19-3-1-2-16-8-9-23-20(16)19/h1-3,8-9,17-18,23,27H,4-7,10-15H2,(H,24,28). The molecule has 29 heavy (non-hydrogen) atoms. The van der Waals surface area contributed by atoms with E-state index < -0.39 is 0 Å². The van der Waals surface area contributed by atoms with E-state index in [2.05, 4.69) is 15.2 Å². The topological polar surface area (TPSA) is 88.7 Å². The summed E-state index contributed by atoms with van der Waals surface area (Å²) in [4.78, 5) is 32.9. The SMILES string of the molecule is O=C(NC1CCC(C(=O)N2CCN(CCO)CC2)CC1)c1cccc2cc[nH]c12. The van der Waals surface area contributed by atoms with Gasteiger partial charge in [0.15, 0.2) is 0 Å². The van der Waals surface area contributed by atoms with Crippen LogP contribution < -0.4 is 5.32 Å². The van der Waals surface area contributed by atoms with E-state index in [4.69, 9.17) is 5.11 Å². The van der Waals surface area contributed by atoms with Crippen LogP contribution in [0.4, 0.5) is 0 Å². The zero-order chi connectivity index (χ0) is 20.2. The number of nitrogens with zero attached hydrogens (tertiary/aromatic N) is 2. The highest BCUT2D eigenvalue weighted by atomic mass is 16.3. The summed E-state index contributed by atoms with van der Waals surface area (Å²) in [7, 11) is 0. The molecule has 1 aliphatic carbocycles. The van der Waals surface area contributed by atoms with Gasteiger partial charge in [0.1, 0.15) is 0 Å². The predicted octanol–water partition coefficient (Wildman–Crippen LogP) is 1.59. The molecule has 3 N–H and O–H groups in total. The van der Waals surface area contributed by atoms with Gasteiger partial charge in [0, 0.05) is 56.3 Å². The van der Waals surface area contributed by atoms with Crippen molar-refractivity contribution >= 4 is 22.7 Å². The van der Waals surface area contributed by atoms with Crippen LogP contribution in [0, 0.1) is 5.92 Å². The number of fused-ring (bicyclic) bond motifs is 1. The molecule has 7 heteroatoms. The van der Waals surface area contributed by atoms with E-state index in [1.165, 1.54) is 0 Å². The van der Waals surface area contributed by atoms with Crippen molar-refractivity contribution in [2.24, 2.45) is 5.92 Å². The van der Waals surface area contributed by atoms with Crippen LogP contribution in [0.25, 0.3) is 10.9 Å². The monoisotopic (exact) mass is 398 g/mol. The van der Waals surface area contributed by atoms with Crippen molar-refractivity contribution in [3.05, 3.63) is 36.0 Å². The number of hydrogen-bond acceptors (Lipinski definition) is 4. The molecule has 0 atom stereocenters. The average Bonchev–Trinajstić information content (AvgIpc) is 3.23. The van der Waals surface area contributed by atoms with Gasteiger partial charge < -0.3 is 20.3 Å². The summed E-state index contributed by atoms with van der Waals surface area (Å²) in [5.74, 6) is 0.279. The van der Waals surface area contributed by atoms with Crippen molar-refractivity contribution in [3.8, 4) is 0 Å². The molecule has 4 rings (SSSR count). The fourth-order valence-corrected chi connectivity index (χ4v) is 4.61. The molecule has 0 bridgehead atoms. The van der Waals surface area contributed by atoms with E-state index in [1.807, 2.05) is 35.4 Å². The van der Waals surface area contributed by atoms with Gasteiger partial charge in [0.2, 0.25) is 5.91 Å². The molecule has 156 valence electrons. The Balaban J connectivity index is 1.27. The summed E-state index contributed by atoms with van der Waals surface area (Å²) in [6, 6.07) is 7.83. The minimum atomic E-state index is -0.0483. The number of β-amino-alcohol motifs (C(OH)–C–C–N with tert-alkyl or cyclic N) is 1. The Morgan fingerprint density at radius 3 is 2.55 bits per heavy atom. The number of H-pyrrole nitrogens is 1. The number of piperazine rings is 1. The number of nitrogens with one attached hydrogen (secondary N) is 2. The van der Waals surface area contributed by atoms with Gasteiger partial charge >= 0.3 is 0 Å². The molecule has 1 saturated heterocycles. The lowest BCUT2D eigenvalue weighted by molar-refractivity contribution is -0.138. The summed E-state index contributed by atoms with van der Waals surface area (Å²) < 4.78 is 0. The van der Waals surface area contributed by atoms with E-state index in [0.29, 0.717) is 12.1 Å². The molecule has 2 fully saturated rings. The van der Waals surface area contributed by atoms with Crippen LogP contribution in [-0.4, -0.2) is 77.1 Å². The molecular weight excluding hydrogens is 368 g/mol. The van der Waals surface area contributed by atoms with Crippen molar-refractivity contribution in [3.63, 3.8) is 0 Å². The third-order valence-corrected chi connectivity index (χ3v) is 6.34. The summed E-state index contributed by atoms with van der Waals surface area (Å²) in [6.07, 6.45) is 5.18. The molecular formula is C22H30N4O3. The largest absolute Gasteiger partial charge is 0.395 e. The van der Waals surface area contributed by atoms with E-state index in [9.17, 15) is 9.59 Å². The molecule has 0 spiro atoms. The number of carbonyl (C=O) groups excluding carboxylic acids is 2. The van der Waals surface area contributed by atoms with Crippen LogP contribution in [0.2, 0.25) is 0 Å². The number of aromatic nitrogens is 1. The minimum Gasteiger partial charge on any atom is -0.395 e. The van der Waals surface area contributed by atoms with Gasteiger partial charge in [-0.1, -0.05) is 12.1 Å². The van der Waals surface area contributed by atoms with Crippen molar-refractivity contribution in [2.45, 2.75) is 31.7 Å². The molecule has 1 aromatic carbocycles. The number of benzene rings is 1. The molecule has 2 amide bonds. The van der Waals surface area contributed by atoms with Gasteiger partial charge in [-0.05, 0) is 37.8 Å². The zero-order valence-electron chi connectivity index (χ0n) is 16.8. The first-order valence-corrected chi connectivity index (χ1v) is 10.6. The molecule has 1 aliphatic heterocycles. The lowest BCUT2D eigenvalue weighted by atomic mass is 9.85. The lowest BCUT2D eigenvalue weighted by Gasteiger charge is -2.37. The quantitative estimate of drug-likeness (QED) is 0.714. The van der Waals surface area contributed by atoms with Gasteiger partial charge in [0.05, 0.1) is 17.7 Å². The fourth-order valence-electron chi connectivity index (χ4n) is 4.61. The first-order valence-electron chi connectivity index (χ1n) is 10.6. The highest BCUT2D eigenvalue weighted by Gasteiger charge is 2.31. The van der Waals surface area contributed by atoms with Crippen molar-refractivity contribution in [1.82, 2.24) is 20.1 Å². The smallest absolute Gasteiger partial charge is 0.253 e. The number of aliphatic hydroxyl groups is 1. The Morgan fingerprint density at radius 1 is 1.07 bits per heavy atom. The van der Waals surface area contributed by atoms with E-state index in [-0.39, 0.29) is 30.4 Å². The van der Waals surface area contributed by atoms with Crippen LogP contribution in [-0.2, 0) is 4.79 Å². The molecule has 0 unspecified atom stereocenters. The van der Waals surface area contributed by atoms with Crippen LogP contribution in [0.15, 0.2) is 30.5 Å². The minimum absolute atomic E-state index is 0.0483. The average molecular weight is 399 g/mol. The van der Waals surface area contributed by atoms with Gasteiger partial charge in [-0.25, -0.2) is 0 Å². The number of para-hydroxylation sites is 1. The third kappa shape index (κ3) is 4.46. The fraction of sp³-hybridized carbons (Fsp3) is 0.545. The maximum Gasteiger partial charge on any atom is 0.253 e. The van der Waals surface area contributed by atoms with Crippen molar-refractivity contribution in [2.75, 3.05) is 39.3 Å². The van der Waals surface area contributed by atoms with Gasteiger partial charge in [-0.3, -0.25) is 14.5 Å². The molecule has 2 aromatic rings. The van der Waals surface area contributed by atoms with Gasteiger partial charge in [-0.15, -0.1) is 0 Å². The van der Waals surface area contributed by atoms with E-state index >= 15 is 0 Å². The van der Waals surface area contributed by atoms with Crippen LogP contribution in [0.3, 0.4) is 0 Å². The number of amides is 2. The summed E-state index contributed by atoms with van der Waals surface area (Å²) >= 11 is 0. The lowest BCUT2D eigenvalue weighted by Crippen LogP contribution is -2.51. The second kappa shape index (κ2) is 8.97. The molecule has 0 radical (unpaired) electrons. The van der Waals surface area contributed by atoms with Crippen LogP contribution in [0.1, 0.15) is 36.0 Å². The maximum absolute atomic E-state index is 12.9. The zero-order valence-corrected chi connectivity index (χ0v) is 16.8. The Kier molecular flexibility index (Phi) is 6.16. The summed E-state index contributed by atoms with van der Waals surface area (Å²) in [6.45, 7) is 4.01. The number of aliphatic hydroxyl groups excluding tert-OH is 1. The van der Waals surface area contributed by atoms with Crippen molar-refractivity contribution < 1.29 is 14.7 Å². The third-order valence-electron chi connectivity index (χ3n) is 6.34. The van der Waals surface area contributed by atoms with Gasteiger partial charge in [-0.2, -0.15) is 0 Å². The molecule has 1 aromatic heterocycles. The van der Waals surface area contributed by atoms with Crippen LogP contribution in [0.5, 0.6) is 0 Å². The Labute approximate surface area is 171 Å². The number of carbonyl (C=O) groups is 2. The molecule has 2 aliphatic rings. The van der Waals surface area contributed by atoms with Crippen LogP contribution >= 0.6 is 0 Å². The predicted molar refractivity (Wildman–Crippen MR) is 112 cm³/mol. The number of hydrogen-bond donors (Lipinski definition) is 3. The number of aromatic amines is 1. The Hall–Kier alpha value is -2.38. The second-order valence-corrected chi connectivity index (χ2v) is 8.16. The molecule has 2 heterocycles. The first kappa shape index (κ1) is 19.9. The summed E-state index contributed by atoms with van der Waals surface area (Å²) in [5.41, 5.74) is 1.54.